The second kappa shape index (κ2) is 10.8. The minimum Gasteiger partial charge on any atom is -0.459 e. The number of amides is 1. The lowest BCUT2D eigenvalue weighted by atomic mass is 10.2. The zero-order chi connectivity index (χ0) is 19.6. The van der Waals surface area contributed by atoms with Crippen LogP contribution in [0.3, 0.4) is 0 Å². The maximum absolute atomic E-state index is 12.5. The maximum Gasteiger partial charge on any atom is 0.410 e. The predicted octanol–water partition coefficient (Wildman–Crippen LogP) is 3.31. The molecule has 1 amide bonds. The summed E-state index contributed by atoms with van der Waals surface area (Å²) in [5.74, 6) is -0.436. The van der Waals surface area contributed by atoms with E-state index in [-0.39, 0.29) is 13.2 Å². The van der Waals surface area contributed by atoms with E-state index in [0.717, 1.165) is 18.7 Å². The molecule has 0 aliphatic heterocycles. The molecule has 1 aromatic carbocycles. The number of ether oxygens (including phenoxy) is 2. The molecule has 0 aliphatic rings. The van der Waals surface area contributed by atoms with Crippen LogP contribution in [0.1, 0.15) is 40.2 Å². The quantitative estimate of drug-likeness (QED) is 0.629. The van der Waals surface area contributed by atoms with Gasteiger partial charge in [-0.25, -0.2) is 4.79 Å². The Morgan fingerprint density at radius 2 is 1.62 bits per heavy atom. The molecular weight excluding hydrogens is 332 g/mol. The van der Waals surface area contributed by atoms with E-state index in [1.165, 1.54) is 4.90 Å². The molecule has 0 aromatic heterocycles. The van der Waals surface area contributed by atoms with Gasteiger partial charge in [0.2, 0.25) is 0 Å². The average Bonchev–Trinajstić information content (AvgIpc) is 2.58. The Kier molecular flexibility index (Phi) is 9.13. The molecule has 6 heteroatoms. The van der Waals surface area contributed by atoms with Crippen LogP contribution in [-0.2, 0) is 20.9 Å². The van der Waals surface area contributed by atoms with E-state index in [0.29, 0.717) is 13.1 Å². The molecule has 26 heavy (non-hydrogen) atoms. The van der Waals surface area contributed by atoms with Crippen molar-refractivity contribution >= 4 is 12.1 Å². The fourth-order valence-electron chi connectivity index (χ4n) is 2.38. The molecule has 0 radical (unpaired) electrons. The van der Waals surface area contributed by atoms with Crippen LogP contribution in [0.15, 0.2) is 30.3 Å². The minimum absolute atomic E-state index is 0.119. The van der Waals surface area contributed by atoms with Crippen LogP contribution in [0.4, 0.5) is 4.79 Å². The van der Waals surface area contributed by atoms with Gasteiger partial charge in [0.25, 0.3) is 0 Å². The molecule has 6 nitrogen and oxygen atoms in total. The Balaban J connectivity index is 2.68. The van der Waals surface area contributed by atoms with Crippen molar-refractivity contribution in [1.82, 2.24) is 9.80 Å². The summed E-state index contributed by atoms with van der Waals surface area (Å²) in [5.41, 5.74) is 0.317. The summed E-state index contributed by atoms with van der Waals surface area (Å²) in [6.45, 7) is 12.5. The van der Waals surface area contributed by atoms with E-state index in [1.54, 1.807) is 20.8 Å². The van der Waals surface area contributed by atoms with E-state index in [2.05, 4.69) is 18.7 Å². The van der Waals surface area contributed by atoms with Gasteiger partial charge in [-0.1, -0.05) is 44.2 Å². The average molecular weight is 364 g/mol. The third-order valence-electron chi connectivity index (χ3n) is 3.78. The van der Waals surface area contributed by atoms with Crippen molar-refractivity contribution in [2.45, 2.75) is 46.8 Å². The van der Waals surface area contributed by atoms with Crippen molar-refractivity contribution < 1.29 is 19.1 Å². The number of hydrogen-bond donors (Lipinski definition) is 0. The van der Waals surface area contributed by atoms with Crippen molar-refractivity contribution in [2.24, 2.45) is 0 Å². The normalized spacial score (nSPS) is 11.3. The first-order valence-electron chi connectivity index (χ1n) is 9.15. The molecular formula is C20H32N2O4. The first-order valence-corrected chi connectivity index (χ1v) is 9.15. The lowest BCUT2D eigenvalue weighted by Crippen LogP contribution is -2.43. The van der Waals surface area contributed by atoms with Crippen molar-refractivity contribution in [3.63, 3.8) is 0 Å². The molecule has 0 bridgehead atoms. The highest BCUT2D eigenvalue weighted by Gasteiger charge is 2.23. The molecule has 0 aliphatic carbocycles. The molecule has 1 rings (SSSR count). The minimum atomic E-state index is -0.588. The topological polar surface area (TPSA) is 59.1 Å². The molecule has 0 atom stereocenters. The lowest BCUT2D eigenvalue weighted by Gasteiger charge is -2.27. The Morgan fingerprint density at radius 3 is 2.15 bits per heavy atom. The molecule has 0 saturated heterocycles. The fourth-order valence-corrected chi connectivity index (χ4v) is 2.38. The first-order chi connectivity index (χ1) is 12.2. The van der Waals surface area contributed by atoms with Gasteiger partial charge in [-0.15, -0.1) is 0 Å². The molecule has 0 heterocycles. The monoisotopic (exact) mass is 364 g/mol. The Morgan fingerprint density at radius 1 is 1.00 bits per heavy atom. The van der Waals surface area contributed by atoms with Crippen LogP contribution < -0.4 is 0 Å². The third kappa shape index (κ3) is 8.85. The molecule has 0 spiro atoms. The van der Waals surface area contributed by atoms with Crippen molar-refractivity contribution in [3.05, 3.63) is 35.9 Å². The number of likely N-dealkylation sites (N-methyl/N-ethyl adjacent to an activating group) is 1. The SMILES string of the molecule is CCN(CC)CCN(CC(=O)OC(C)(C)C)C(=O)OCc1ccccc1. The van der Waals surface area contributed by atoms with E-state index in [1.807, 2.05) is 30.3 Å². The zero-order valence-corrected chi connectivity index (χ0v) is 16.7. The molecule has 146 valence electrons. The summed E-state index contributed by atoms with van der Waals surface area (Å²) in [4.78, 5) is 28.2. The number of carbonyl (C=O) groups excluding carboxylic acids is 2. The number of nitrogens with zero attached hydrogens (tertiary/aromatic N) is 2. The van der Waals surface area contributed by atoms with Crippen molar-refractivity contribution in [3.8, 4) is 0 Å². The number of rotatable bonds is 9. The van der Waals surface area contributed by atoms with Gasteiger partial charge >= 0.3 is 12.1 Å². The van der Waals surface area contributed by atoms with Crippen LogP contribution in [-0.4, -0.2) is 60.2 Å². The Bertz CT molecular complexity index is 551. The van der Waals surface area contributed by atoms with Gasteiger partial charge in [0.05, 0.1) is 0 Å². The smallest absolute Gasteiger partial charge is 0.410 e. The molecule has 0 fully saturated rings. The van der Waals surface area contributed by atoms with E-state index in [9.17, 15) is 9.59 Å². The number of carbonyl (C=O) groups is 2. The summed E-state index contributed by atoms with van der Waals surface area (Å²) >= 11 is 0. The van der Waals surface area contributed by atoms with Crippen LogP contribution >= 0.6 is 0 Å². The highest BCUT2D eigenvalue weighted by Crippen LogP contribution is 2.09. The van der Waals surface area contributed by atoms with Gasteiger partial charge in [-0.2, -0.15) is 0 Å². The summed E-state index contributed by atoms with van der Waals surface area (Å²) in [6, 6.07) is 9.47. The summed E-state index contributed by atoms with van der Waals surface area (Å²) in [6.07, 6.45) is -0.508. The van der Waals surface area contributed by atoms with Crippen LogP contribution in [0, 0.1) is 0 Å². The van der Waals surface area contributed by atoms with E-state index < -0.39 is 17.7 Å². The zero-order valence-electron chi connectivity index (χ0n) is 16.7. The molecule has 0 saturated carbocycles. The first kappa shape index (κ1) is 22.0. The standard InChI is InChI=1S/C20H32N2O4/c1-6-21(7-2)13-14-22(15-18(23)26-20(3,4)5)19(24)25-16-17-11-9-8-10-12-17/h8-12H,6-7,13-16H2,1-5H3. The van der Waals surface area contributed by atoms with Crippen LogP contribution in [0.25, 0.3) is 0 Å². The highest BCUT2D eigenvalue weighted by molar-refractivity contribution is 5.78. The van der Waals surface area contributed by atoms with Gasteiger partial charge in [0.1, 0.15) is 18.8 Å². The second-order valence-corrected chi connectivity index (χ2v) is 7.08. The molecule has 0 N–H and O–H groups in total. The largest absolute Gasteiger partial charge is 0.459 e. The van der Waals surface area contributed by atoms with Crippen molar-refractivity contribution in [2.75, 3.05) is 32.7 Å². The van der Waals surface area contributed by atoms with Crippen LogP contribution in [0.5, 0.6) is 0 Å². The third-order valence-corrected chi connectivity index (χ3v) is 3.78. The fraction of sp³-hybridized carbons (Fsp3) is 0.600. The maximum atomic E-state index is 12.5. The van der Waals surface area contributed by atoms with Gasteiger partial charge in [-0.3, -0.25) is 9.69 Å². The summed E-state index contributed by atoms with van der Waals surface area (Å²) in [7, 11) is 0. The summed E-state index contributed by atoms with van der Waals surface area (Å²) in [5, 5.41) is 0. The number of benzene rings is 1. The number of esters is 1. The number of hydrogen-bond acceptors (Lipinski definition) is 5. The van der Waals surface area contributed by atoms with E-state index in [4.69, 9.17) is 9.47 Å². The van der Waals surface area contributed by atoms with Crippen LogP contribution in [0.2, 0.25) is 0 Å². The molecule has 1 aromatic rings. The van der Waals surface area contributed by atoms with Gasteiger partial charge in [0.15, 0.2) is 0 Å². The van der Waals surface area contributed by atoms with Gasteiger partial charge in [-0.05, 0) is 39.4 Å². The molecule has 0 unspecified atom stereocenters. The summed E-state index contributed by atoms with van der Waals surface area (Å²) < 4.78 is 10.7. The highest BCUT2D eigenvalue weighted by atomic mass is 16.6. The lowest BCUT2D eigenvalue weighted by molar-refractivity contribution is -0.155. The van der Waals surface area contributed by atoms with Crippen molar-refractivity contribution in [1.29, 1.82) is 0 Å². The second-order valence-electron chi connectivity index (χ2n) is 7.08. The Hall–Kier alpha value is -2.08. The van der Waals surface area contributed by atoms with Gasteiger partial charge < -0.3 is 14.4 Å². The Labute approximate surface area is 157 Å². The van der Waals surface area contributed by atoms with E-state index >= 15 is 0 Å². The predicted molar refractivity (Wildman–Crippen MR) is 102 cm³/mol. The van der Waals surface area contributed by atoms with Gasteiger partial charge in [0, 0.05) is 13.1 Å².